The van der Waals surface area contributed by atoms with Gasteiger partial charge in [-0.2, -0.15) is 0 Å². The van der Waals surface area contributed by atoms with Crippen LogP contribution in [0.5, 0.6) is 0 Å². The van der Waals surface area contributed by atoms with Gasteiger partial charge in [0.2, 0.25) is 5.91 Å². The third kappa shape index (κ3) is 6.56. The largest absolute Gasteiger partial charge is 0.450 e. The molecule has 2 N–H and O–H groups in total. The summed E-state index contributed by atoms with van der Waals surface area (Å²) in [6.45, 7) is 4.84. The molecule has 0 bridgehead atoms. The number of aryl methyl sites for hydroxylation is 1. The van der Waals surface area contributed by atoms with Gasteiger partial charge in [-0.3, -0.25) is 9.59 Å². The SMILES string of the molecule is CCOC(=O)N1CCC(NC(=O)Cc2c(C)nc(SCc3ccc(F)cc3)[nH]c2=O)CC1. The molecule has 1 aromatic heterocycles. The van der Waals surface area contributed by atoms with Gasteiger partial charge in [-0.1, -0.05) is 23.9 Å². The van der Waals surface area contributed by atoms with Crippen LogP contribution in [0.25, 0.3) is 0 Å². The second-order valence-electron chi connectivity index (χ2n) is 7.55. The highest BCUT2D eigenvalue weighted by Gasteiger charge is 2.25. The molecule has 10 heteroatoms. The lowest BCUT2D eigenvalue weighted by Gasteiger charge is -2.31. The van der Waals surface area contributed by atoms with Crippen molar-refractivity contribution in [2.24, 2.45) is 0 Å². The normalized spacial score (nSPS) is 14.3. The van der Waals surface area contributed by atoms with Gasteiger partial charge < -0.3 is 19.9 Å². The highest BCUT2D eigenvalue weighted by Crippen LogP contribution is 2.19. The van der Waals surface area contributed by atoms with Crippen molar-refractivity contribution in [3.63, 3.8) is 0 Å². The Morgan fingerprint density at radius 3 is 2.59 bits per heavy atom. The van der Waals surface area contributed by atoms with Crippen LogP contribution in [0.1, 0.15) is 36.6 Å². The summed E-state index contributed by atoms with van der Waals surface area (Å²) in [5.74, 6) is -0.0116. The van der Waals surface area contributed by atoms with Gasteiger partial charge in [-0.25, -0.2) is 14.2 Å². The number of benzene rings is 1. The van der Waals surface area contributed by atoms with E-state index in [1.165, 1.54) is 23.9 Å². The number of nitrogens with one attached hydrogen (secondary N) is 2. The minimum absolute atomic E-state index is 0.0499. The van der Waals surface area contributed by atoms with Gasteiger partial charge in [-0.05, 0) is 44.4 Å². The average Bonchev–Trinajstić information content (AvgIpc) is 2.76. The van der Waals surface area contributed by atoms with Crippen LogP contribution >= 0.6 is 11.8 Å². The van der Waals surface area contributed by atoms with E-state index in [1.807, 2.05) is 0 Å². The molecule has 2 amide bonds. The number of amides is 2. The third-order valence-corrected chi connectivity index (χ3v) is 6.16. The van der Waals surface area contributed by atoms with Crippen molar-refractivity contribution < 1.29 is 18.7 Å². The number of hydrogen-bond donors (Lipinski definition) is 2. The molecule has 0 aliphatic carbocycles. The van der Waals surface area contributed by atoms with Crippen molar-refractivity contribution in [1.29, 1.82) is 0 Å². The monoisotopic (exact) mass is 462 g/mol. The lowest BCUT2D eigenvalue weighted by Crippen LogP contribution is -2.47. The number of aromatic nitrogens is 2. The summed E-state index contributed by atoms with van der Waals surface area (Å²) < 4.78 is 18.0. The maximum Gasteiger partial charge on any atom is 0.409 e. The Morgan fingerprint density at radius 2 is 1.97 bits per heavy atom. The molecule has 1 saturated heterocycles. The Labute approximate surface area is 189 Å². The summed E-state index contributed by atoms with van der Waals surface area (Å²) in [5, 5.41) is 3.40. The van der Waals surface area contributed by atoms with E-state index in [0.29, 0.717) is 54.7 Å². The van der Waals surface area contributed by atoms with Crippen molar-refractivity contribution in [3.8, 4) is 0 Å². The quantitative estimate of drug-likeness (QED) is 0.484. The smallest absolute Gasteiger partial charge is 0.409 e. The summed E-state index contributed by atoms with van der Waals surface area (Å²) in [7, 11) is 0. The predicted octanol–water partition coefficient (Wildman–Crippen LogP) is 2.79. The topological polar surface area (TPSA) is 104 Å². The van der Waals surface area contributed by atoms with Crippen molar-refractivity contribution in [2.45, 2.75) is 50.1 Å². The number of likely N-dealkylation sites (tertiary alicyclic amines) is 1. The number of H-pyrrole nitrogens is 1. The Kier molecular flexibility index (Phi) is 8.26. The number of nitrogens with zero attached hydrogens (tertiary/aromatic N) is 2. The number of halogens is 1. The first-order valence-electron chi connectivity index (χ1n) is 10.5. The molecule has 0 spiro atoms. The number of carbonyl (C=O) groups is 2. The summed E-state index contributed by atoms with van der Waals surface area (Å²) in [5.41, 5.74) is 1.40. The third-order valence-electron chi connectivity index (χ3n) is 5.21. The molecule has 172 valence electrons. The van der Waals surface area contributed by atoms with Gasteiger partial charge in [0.05, 0.1) is 13.0 Å². The zero-order valence-electron chi connectivity index (χ0n) is 18.2. The highest BCUT2D eigenvalue weighted by molar-refractivity contribution is 7.98. The molecule has 1 fully saturated rings. The van der Waals surface area contributed by atoms with E-state index in [0.717, 1.165) is 5.56 Å². The Morgan fingerprint density at radius 1 is 1.28 bits per heavy atom. The second kappa shape index (κ2) is 11.1. The van der Waals surface area contributed by atoms with Gasteiger partial charge >= 0.3 is 6.09 Å². The average molecular weight is 463 g/mol. The van der Waals surface area contributed by atoms with Gasteiger partial charge in [0, 0.05) is 36.1 Å². The fourth-order valence-electron chi connectivity index (χ4n) is 3.45. The van der Waals surface area contributed by atoms with Crippen molar-refractivity contribution in [3.05, 3.63) is 57.3 Å². The van der Waals surface area contributed by atoms with Crippen LogP contribution in [-0.2, 0) is 21.7 Å². The maximum atomic E-state index is 13.0. The molecular weight excluding hydrogens is 435 g/mol. The molecule has 3 rings (SSSR count). The molecule has 0 unspecified atom stereocenters. The van der Waals surface area contributed by atoms with Crippen LogP contribution in [0, 0.1) is 12.7 Å². The van der Waals surface area contributed by atoms with Crippen molar-refractivity contribution in [2.75, 3.05) is 19.7 Å². The van der Waals surface area contributed by atoms with E-state index >= 15 is 0 Å². The van der Waals surface area contributed by atoms with Crippen LogP contribution in [0.3, 0.4) is 0 Å². The number of hydrogen-bond acceptors (Lipinski definition) is 6. The van der Waals surface area contributed by atoms with Crippen molar-refractivity contribution >= 4 is 23.8 Å². The van der Waals surface area contributed by atoms with Gasteiger partial charge in [0.15, 0.2) is 5.16 Å². The first kappa shape index (κ1) is 23.8. The molecule has 0 saturated carbocycles. The van der Waals surface area contributed by atoms with Crippen molar-refractivity contribution in [1.82, 2.24) is 20.2 Å². The standard InChI is InChI=1S/C22H27FN4O4S/c1-3-31-22(30)27-10-8-17(9-11-27)25-19(28)12-18-14(2)24-21(26-20(18)29)32-13-15-4-6-16(23)7-5-15/h4-7,17H,3,8-13H2,1-2H3,(H,25,28)(H,24,26,29). The lowest BCUT2D eigenvalue weighted by atomic mass is 10.0. The molecule has 2 heterocycles. The fourth-order valence-corrected chi connectivity index (χ4v) is 4.32. The highest BCUT2D eigenvalue weighted by atomic mass is 32.2. The first-order chi connectivity index (χ1) is 15.4. The maximum absolute atomic E-state index is 13.0. The first-order valence-corrected chi connectivity index (χ1v) is 11.5. The van der Waals surface area contributed by atoms with Gasteiger partial charge in [0.1, 0.15) is 5.82 Å². The van der Waals surface area contributed by atoms with Crippen LogP contribution in [0.15, 0.2) is 34.2 Å². The molecule has 0 radical (unpaired) electrons. The Balaban J connectivity index is 1.52. The number of rotatable bonds is 7. The van der Waals surface area contributed by atoms with Crippen LogP contribution in [-0.4, -0.2) is 52.6 Å². The second-order valence-corrected chi connectivity index (χ2v) is 8.52. The minimum Gasteiger partial charge on any atom is -0.450 e. The molecule has 1 aliphatic heterocycles. The number of thioether (sulfide) groups is 1. The predicted molar refractivity (Wildman–Crippen MR) is 119 cm³/mol. The lowest BCUT2D eigenvalue weighted by molar-refractivity contribution is -0.121. The summed E-state index contributed by atoms with van der Waals surface area (Å²) in [6, 6.07) is 6.09. The molecule has 1 aliphatic rings. The van der Waals surface area contributed by atoms with Gasteiger partial charge in [-0.15, -0.1) is 0 Å². The van der Waals surface area contributed by atoms with E-state index in [2.05, 4.69) is 15.3 Å². The summed E-state index contributed by atoms with van der Waals surface area (Å²) in [4.78, 5) is 45.5. The van der Waals surface area contributed by atoms with Crippen LogP contribution in [0.4, 0.5) is 9.18 Å². The summed E-state index contributed by atoms with van der Waals surface area (Å²) >= 11 is 1.34. The Hall–Kier alpha value is -2.88. The van der Waals surface area contributed by atoms with E-state index in [-0.39, 0.29) is 35.8 Å². The zero-order valence-corrected chi connectivity index (χ0v) is 19.0. The number of carbonyl (C=O) groups excluding carboxylic acids is 2. The number of piperidine rings is 1. The Bertz CT molecular complexity index is 1000. The van der Waals surface area contributed by atoms with Crippen LogP contribution < -0.4 is 10.9 Å². The van der Waals surface area contributed by atoms with E-state index < -0.39 is 0 Å². The molecule has 32 heavy (non-hydrogen) atoms. The van der Waals surface area contributed by atoms with E-state index in [9.17, 15) is 18.8 Å². The number of ether oxygens (including phenoxy) is 1. The molecular formula is C22H27FN4O4S. The molecule has 2 aromatic rings. The van der Waals surface area contributed by atoms with Gasteiger partial charge in [0.25, 0.3) is 5.56 Å². The molecule has 1 aromatic carbocycles. The zero-order chi connectivity index (χ0) is 23.1. The fraction of sp³-hybridized carbons (Fsp3) is 0.455. The van der Waals surface area contributed by atoms with Crippen LogP contribution in [0.2, 0.25) is 0 Å². The minimum atomic E-state index is -0.341. The number of aromatic amines is 1. The molecule has 0 atom stereocenters. The van der Waals surface area contributed by atoms with E-state index in [4.69, 9.17) is 4.74 Å². The molecule has 8 nitrogen and oxygen atoms in total. The van der Waals surface area contributed by atoms with E-state index in [1.54, 1.807) is 30.9 Å². The summed E-state index contributed by atoms with van der Waals surface area (Å²) in [6.07, 6.45) is 0.881.